The SMILES string of the molecule is CN(C)CCNCCS(=O)(=O)c1ccc(/C(N)=N/O)cc1. The Morgan fingerprint density at radius 1 is 1.29 bits per heavy atom. The zero-order chi connectivity index (χ0) is 15.9. The van der Waals surface area contributed by atoms with Gasteiger partial charge in [-0.15, -0.1) is 0 Å². The summed E-state index contributed by atoms with van der Waals surface area (Å²) < 4.78 is 24.2. The van der Waals surface area contributed by atoms with E-state index < -0.39 is 9.84 Å². The van der Waals surface area contributed by atoms with Crippen LogP contribution in [0.4, 0.5) is 0 Å². The number of amidine groups is 1. The highest BCUT2D eigenvalue weighted by Gasteiger charge is 2.14. The first-order valence-electron chi connectivity index (χ1n) is 6.53. The van der Waals surface area contributed by atoms with Crippen molar-refractivity contribution in [3.8, 4) is 0 Å². The number of nitrogens with one attached hydrogen (secondary N) is 1. The molecular formula is C13H22N4O3S. The molecule has 0 aliphatic heterocycles. The van der Waals surface area contributed by atoms with Crippen LogP contribution in [0.15, 0.2) is 34.3 Å². The molecule has 8 heteroatoms. The van der Waals surface area contributed by atoms with Crippen LogP contribution in [0.25, 0.3) is 0 Å². The molecule has 21 heavy (non-hydrogen) atoms. The average Bonchev–Trinajstić information content (AvgIpc) is 2.45. The molecule has 0 spiro atoms. The van der Waals surface area contributed by atoms with E-state index in [4.69, 9.17) is 10.9 Å². The van der Waals surface area contributed by atoms with Crippen LogP contribution >= 0.6 is 0 Å². The summed E-state index contributed by atoms with van der Waals surface area (Å²) in [6, 6.07) is 5.95. The normalized spacial score (nSPS) is 12.8. The van der Waals surface area contributed by atoms with E-state index in [0.717, 1.165) is 13.1 Å². The van der Waals surface area contributed by atoms with Crippen molar-refractivity contribution in [2.24, 2.45) is 10.9 Å². The van der Waals surface area contributed by atoms with Gasteiger partial charge in [-0.05, 0) is 38.4 Å². The number of hydrogen-bond acceptors (Lipinski definition) is 6. The average molecular weight is 314 g/mol. The van der Waals surface area contributed by atoms with Crippen molar-refractivity contribution in [3.63, 3.8) is 0 Å². The van der Waals surface area contributed by atoms with Crippen LogP contribution in [-0.2, 0) is 9.84 Å². The lowest BCUT2D eigenvalue weighted by molar-refractivity contribution is 0.318. The summed E-state index contributed by atoms with van der Waals surface area (Å²) >= 11 is 0. The monoisotopic (exact) mass is 314 g/mol. The van der Waals surface area contributed by atoms with Crippen molar-refractivity contribution >= 4 is 15.7 Å². The van der Waals surface area contributed by atoms with Crippen molar-refractivity contribution in [1.29, 1.82) is 0 Å². The molecule has 0 atom stereocenters. The molecule has 0 bridgehead atoms. The topological polar surface area (TPSA) is 108 Å². The van der Waals surface area contributed by atoms with Gasteiger partial charge >= 0.3 is 0 Å². The third-order valence-corrected chi connectivity index (χ3v) is 4.63. The van der Waals surface area contributed by atoms with E-state index in [1.807, 2.05) is 19.0 Å². The van der Waals surface area contributed by atoms with Crippen LogP contribution in [0.5, 0.6) is 0 Å². The third kappa shape index (κ3) is 5.70. The van der Waals surface area contributed by atoms with Gasteiger partial charge in [0.1, 0.15) is 0 Å². The van der Waals surface area contributed by atoms with Gasteiger partial charge in [-0.1, -0.05) is 5.16 Å². The molecule has 0 heterocycles. The van der Waals surface area contributed by atoms with Crippen molar-refractivity contribution in [2.75, 3.05) is 39.5 Å². The zero-order valence-corrected chi connectivity index (χ0v) is 13.1. The first kappa shape index (κ1) is 17.4. The lowest BCUT2D eigenvalue weighted by Crippen LogP contribution is -2.30. The Labute approximate surface area is 125 Å². The molecule has 0 amide bonds. The molecule has 0 aliphatic rings. The van der Waals surface area contributed by atoms with Crippen molar-refractivity contribution in [2.45, 2.75) is 4.90 Å². The molecule has 4 N–H and O–H groups in total. The number of benzene rings is 1. The molecule has 0 saturated carbocycles. The molecule has 1 rings (SSSR count). The van der Waals surface area contributed by atoms with E-state index >= 15 is 0 Å². The number of sulfone groups is 1. The van der Waals surface area contributed by atoms with Gasteiger partial charge in [0.25, 0.3) is 0 Å². The summed E-state index contributed by atoms with van der Waals surface area (Å²) in [5.41, 5.74) is 5.90. The molecular weight excluding hydrogens is 292 g/mol. The van der Waals surface area contributed by atoms with E-state index in [1.165, 1.54) is 24.3 Å². The van der Waals surface area contributed by atoms with E-state index in [2.05, 4.69) is 10.5 Å². The van der Waals surface area contributed by atoms with Gasteiger partial charge in [-0.2, -0.15) is 0 Å². The van der Waals surface area contributed by atoms with Crippen molar-refractivity contribution in [1.82, 2.24) is 10.2 Å². The number of rotatable bonds is 8. The minimum atomic E-state index is -3.33. The molecule has 0 fully saturated rings. The lowest BCUT2D eigenvalue weighted by atomic mass is 10.2. The van der Waals surface area contributed by atoms with Gasteiger partial charge in [-0.3, -0.25) is 0 Å². The molecule has 0 unspecified atom stereocenters. The largest absolute Gasteiger partial charge is 0.409 e. The minimum absolute atomic E-state index is 0.0311. The first-order valence-corrected chi connectivity index (χ1v) is 8.18. The number of oxime groups is 1. The maximum absolute atomic E-state index is 12.1. The predicted molar refractivity (Wildman–Crippen MR) is 82.4 cm³/mol. The summed E-state index contributed by atoms with van der Waals surface area (Å²) in [5.74, 6) is -0.0205. The van der Waals surface area contributed by atoms with E-state index in [1.54, 1.807) is 0 Å². The molecule has 0 saturated heterocycles. The molecule has 1 aromatic carbocycles. The number of nitrogens with two attached hydrogens (primary N) is 1. The van der Waals surface area contributed by atoms with Crippen LogP contribution in [-0.4, -0.2) is 63.8 Å². The standard InChI is InChI=1S/C13H22N4O3S/c1-17(2)9-7-15-8-10-21(19,20)12-5-3-11(4-6-12)13(14)16-18/h3-6,15,18H,7-10H2,1-2H3,(H2,14,16). The highest BCUT2D eigenvalue weighted by atomic mass is 32.2. The lowest BCUT2D eigenvalue weighted by Gasteiger charge is -2.10. The van der Waals surface area contributed by atoms with Crippen LogP contribution < -0.4 is 11.1 Å². The maximum Gasteiger partial charge on any atom is 0.179 e. The van der Waals surface area contributed by atoms with Crippen molar-refractivity contribution < 1.29 is 13.6 Å². The Bertz CT molecular complexity index is 568. The fraction of sp³-hybridized carbons (Fsp3) is 0.462. The summed E-state index contributed by atoms with van der Waals surface area (Å²) in [7, 11) is 0.590. The minimum Gasteiger partial charge on any atom is -0.409 e. The van der Waals surface area contributed by atoms with Crippen LogP contribution in [0.3, 0.4) is 0 Å². The highest BCUT2D eigenvalue weighted by molar-refractivity contribution is 7.91. The summed E-state index contributed by atoms with van der Waals surface area (Å²) in [4.78, 5) is 2.25. The summed E-state index contributed by atoms with van der Waals surface area (Å²) in [6.07, 6.45) is 0. The van der Waals surface area contributed by atoms with Gasteiger partial charge in [0.2, 0.25) is 0 Å². The Morgan fingerprint density at radius 2 is 1.90 bits per heavy atom. The molecule has 1 aromatic rings. The van der Waals surface area contributed by atoms with Crippen LogP contribution in [0.2, 0.25) is 0 Å². The van der Waals surface area contributed by atoms with E-state index in [0.29, 0.717) is 12.1 Å². The van der Waals surface area contributed by atoms with Gasteiger partial charge in [0.05, 0.1) is 10.6 Å². The van der Waals surface area contributed by atoms with E-state index in [9.17, 15) is 8.42 Å². The fourth-order valence-electron chi connectivity index (χ4n) is 1.64. The molecule has 7 nitrogen and oxygen atoms in total. The molecule has 0 radical (unpaired) electrons. The Morgan fingerprint density at radius 3 is 2.43 bits per heavy atom. The van der Waals surface area contributed by atoms with E-state index in [-0.39, 0.29) is 16.5 Å². The van der Waals surface area contributed by atoms with Gasteiger partial charge in [0.15, 0.2) is 15.7 Å². The Balaban J connectivity index is 2.58. The second-order valence-electron chi connectivity index (χ2n) is 4.88. The Kier molecular flexibility index (Phi) is 6.60. The van der Waals surface area contributed by atoms with Crippen LogP contribution in [0, 0.1) is 0 Å². The summed E-state index contributed by atoms with van der Waals surface area (Å²) in [6.45, 7) is 2.00. The Hall–Kier alpha value is -1.64. The van der Waals surface area contributed by atoms with Gasteiger partial charge in [-0.25, -0.2) is 8.42 Å². The van der Waals surface area contributed by atoms with Gasteiger partial charge in [0, 0.05) is 25.2 Å². The quantitative estimate of drug-likeness (QED) is 0.200. The second-order valence-corrected chi connectivity index (χ2v) is 6.99. The molecule has 0 aromatic heterocycles. The smallest absolute Gasteiger partial charge is 0.179 e. The van der Waals surface area contributed by atoms with Gasteiger partial charge < -0.3 is 21.2 Å². The fourth-order valence-corrected chi connectivity index (χ4v) is 2.84. The van der Waals surface area contributed by atoms with Crippen LogP contribution in [0.1, 0.15) is 5.56 Å². The maximum atomic E-state index is 12.1. The summed E-state index contributed by atoms with van der Waals surface area (Å²) in [5, 5.41) is 14.5. The highest BCUT2D eigenvalue weighted by Crippen LogP contribution is 2.12. The molecule has 0 aliphatic carbocycles. The zero-order valence-electron chi connectivity index (χ0n) is 12.3. The predicted octanol–water partition coefficient (Wildman–Crippen LogP) is -0.294. The third-order valence-electron chi connectivity index (χ3n) is 2.90. The van der Waals surface area contributed by atoms with Crippen molar-refractivity contribution in [3.05, 3.63) is 29.8 Å². The second kappa shape index (κ2) is 7.96. The first-order chi connectivity index (χ1) is 9.86. The molecule has 118 valence electrons. The number of nitrogens with zero attached hydrogens (tertiary/aromatic N) is 2. The number of hydrogen-bond donors (Lipinski definition) is 3. The number of likely N-dealkylation sites (N-methyl/N-ethyl adjacent to an activating group) is 1.